The largest absolute Gasteiger partial charge is 0.399 e. The normalized spacial score (nSPS) is 10.7. The van der Waals surface area contributed by atoms with E-state index in [0.717, 1.165) is 6.42 Å². The minimum Gasteiger partial charge on any atom is -0.399 e. The van der Waals surface area contributed by atoms with E-state index in [1.54, 1.807) is 36.2 Å². The number of carbonyl (C=O) groups excluding carboxylic acids is 1. The lowest BCUT2D eigenvalue weighted by Crippen LogP contribution is -2.28. The lowest BCUT2D eigenvalue weighted by atomic mass is 10.2. The van der Waals surface area contributed by atoms with Crippen LogP contribution in [0.4, 0.5) is 5.69 Å². The summed E-state index contributed by atoms with van der Waals surface area (Å²) in [5.41, 5.74) is 6.90. The van der Waals surface area contributed by atoms with Crippen molar-refractivity contribution in [3.8, 4) is 0 Å². The zero-order valence-electron chi connectivity index (χ0n) is 11.3. The molecule has 0 heterocycles. The van der Waals surface area contributed by atoms with Crippen LogP contribution >= 0.6 is 0 Å². The molecule has 0 aromatic heterocycles. The molecule has 18 heavy (non-hydrogen) atoms. The van der Waals surface area contributed by atoms with E-state index in [9.17, 15) is 4.79 Å². The first-order valence-electron chi connectivity index (χ1n) is 6.23. The molecule has 1 aromatic rings. The van der Waals surface area contributed by atoms with Crippen molar-refractivity contribution in [1.82, 2.24) is 4.90 Å². The lowest BCUT2D eigenvalue weighted by molar-refractivity contribution is 0.0650. The first-order valence-corrected chi connectivity index (χ1v) is 6.23. The highest BCUT2D eigenvalue weighted by molar-refractivity contribution is 5.94. The molecule has 2 N–H and O–H groups in total. The number of benzene rings is 1. The summed E-state index contributed by atoms with van der Waals surface area (Å²) in [4.78, 5) is 13.7. The molecular formula is C14H22N2O2. The fourth-order valence-corrected chi connectivity index (χ4v) is 1.61. The van der Waals surface area contributed by atoms with E-state index in [-0.39, 0.29) is 12.0 Å². The quantitative estimate of drug-likeness (QED) is 0.621. The zero-order valence-corrected chi connectivity index (χ0v) is 11.3. The summed E-state index contributed by atoms with van der Waals surface area (Å²) in [5, 5.41) is 0. The third-order valence-electron chi connectivity index (χ3n) is 2.57. The molecule has 0 atom stereocenters. The van der Waals surface area contributed by atoms with E-state index in [1.807, 2.05) is 13.8 Å². The molecule has 100 valence electrons. The number of nitrogens with zero attached hydrogens (tertiary/aromatic N) is 1. The molecule has 0 fully saturated rings. The maximum atomic E-state index is 12.1. The highest BCUT2D eigenvalue weighted by Gasteiger charge is 2.11. The molecule has 4 nitrogen and oxygen atoms in total. The standard InChI is InChI=1S/C14H22N2O2/c1-11(2)18-9-5-8-16(3)14(17)12-6-4-7-13(15)10-12/h4,6-7,10-11H,5,8-9,15H2,1-3H3. The van der Waals surface area contributed by atoms with Gasteiger partial charge in [-0.1, -0.05) is 6.07 Å². The van der Waals surface area contributed by atoms with Crippen molar-refractivity contribution in [2.24, 2.45) is 0 Å². The zero-order chi connectivity index (χ0) is 13.5. The van der Waals surface area contributed by atoms with Gasteiger partial charge in [0, 0.05) is 31.5 Å². The third-order valence-corrected chi connectivity index (χ3v) is 2.57. The Hall–Kier alpha value is -1.55. The smallest absolute Gasteiger partial charge is 0.253 e. The van der Waals surface area contributed by atoms with E-state index in [1.165, 1.54) is 0 Å². The van der Waals surface area contributed by atoms with Crippen LogP contribution in [0.2, 0.25) is 0 Å². The Morgan fingerprint density at radius 1 is 1.44 bits per heavy atom. The van der Waals surface area contributed by atoms with Crippen molar-refractivity contribution >= 4 is 11.6 Å². The van der Waals surface area contributed by atoms with Crippen LogP contribution in [-0.2, 0) is 4.74 Å². The molecule has 0 spiro atoms. The van der Waals surface area contributed by atoms with Crippen molar-refractivity contribution in [1.29, 1.82) is 0 Å². The molecule has 0 unspecified atom stereocenters. The van der Waals surface area contributed by atoms with Crippen molar-refractivity contribution in [2.75, 3.05) is 25.9 Å². The lowest BCUT2D eigenvalue weighted by Gasteiger charge is -2.17. The Morgan fingerprint density at radius 2 is 2.17 bits per heavy atom. The van der Waals surface area contributed by atoms with Crippen LogP contribution in [0.3, 0.4) is 0 Å². The molecular weight excluding hydrogens is 228 g/mol. The number of amides is 1. The van der Waals surface area contributed by atoms with Gasteiger partial charge in [-0.2, -0.15) is 0 Å². The van der Waals surface area contributed by atoms with Crippen LogP contribution in [-0.4, -0.2) is 37.1 Å². The number of anilines is 1. The summed E-state index contributed by atoms with van der Waals surface area (Å²) >= 11 is 0. The Morgan fingerprint density at radius 3 is 2.78 bits per heavy atom. The molecule has 1 rings (SSSR count). The predicted octanol–water partition coefficient (Wildman–Crippen LogP) is 2.16. The SMILES string of the molecule is CC(C)OCCCN(C)C(=O)c1cccc(N)c1. The summed E-state index contributed by atoms with van der Waals surface area (Å²) in [6.07, 6.45) is 1.07. The second-order valence-electron chi connectivity index (χ2n) is 4.63. The van der Waals surface area contributed by atoms with Gasteiger partial charge in [-0.15, -0.1) is 0 Å². The number of nitrogen functional groups attached to an aromatic ring is 1. The molecule has 0 saturated carbocycles. The van der Waals surface area contributed by atoms with Gasteiger partial charge in [0.1, 0.15) is 0 Å². The Kier molecular flexibility index (Phi) is 5.65. The van der Waals surface area contributed by atoms with Crippen LogP contribution < -0.4 is 5.73 Å². The summed E-state index contributed by atoms with van der Waals surface area (Å²) in [5.74, 6) is -0.00755. The van der Waals surface area contributed by atoms with Gasteiger partial charge < -0.3 is 15.4 Å². The summed E-state index contributed by atoms with van der Waals surface area (Å²) in [6.45, 7) is 5.36. The second-order valence-corrected chi connectivity index (χ2v) is 4.63. The number of rotatable bonds is 6. The Labute approximate surface area is 109 Å². The summed E-state index contributed by atoms with van der Waals surface area (Å²) in [7, 11) is 1.79. The number of nitrogens with two attached hydrogens (primary N) is 1. The van der Waals surface area contributed by atoms with Gasteiger partial charge in [0.15, 0.2) is 0 Å². The average molecular weight is 250 g/mol. The molecule has 0 aliphatic heterocycles. The molecule has 4 heteroatoms. The topological polar surface area (TPSA) is 55.6 Å². The molecule has 0 aliphatic rings. The Balaban J connectivity index is 2.42. The van der Waals surface area contributed by atoms with Gasteiger partial charge >= 0.3 is 0 Å². The molecule has 0 aliphatic carbocycles. The van der Waals surface area contributed by atoms with Crippen molar-refractivity contribution < 1.29 is 9.53 Å². The van der Waals surface area contributed by atoms with Crippen LogP contribution in [0.1, 0.15) is 30.6 Å². The molecule has 0 radical (unpaired) electrons. The van der Waals surface area contributed by atoms with Crippen molar-refractivity contribution in [3.63, 3.8) is 0 Å². The van der Waals surface area contributed by atoms with Crippen LogP contribution in [0.15, 0.2) is 24.3 Å². The highest BCUT2D eigenvalue weighted by Crippen LogP contribution is 2.09. The average Bonchev–Trinajstić information content (AvgIpc) is 2.33. The molecule has 0 bridgehead atoms. The summed E-state index contributed by atoms with van der Waals surface area (Å²) in [6, 6.07) is 7.04. The van der Waals surface area contributed by atoms with E-state index in [0.29, 0.717) is 24.4 Å². The maximum absolute atomic E-state index is 12.1. The predicted molar refractivity (Wildman–Crippen MR) is 73.5 cm³/mol. The number of hydrogen-bond donors (Lipinski definition) is 1. The van der Waals surface area contributed by atoms with Crippen LogP contribution in [0.5, 0.6) is 0 Å². The summed E-state index contributed by atoms with van der Waals surface area (Å²) < 4.78 is 5.44. The number of hydrogen-bond acceptors (Lipinski definition) is 3. The van der Waals surface area contributed by atoms with Gasteiger partial charge in [0.05, 0.1) is 6.10 Å². The van der Waals surface area contributed by atoms with E-state index in [2.05, 4.69) is 0 Å². The monoisotopic (exact) mass is 250 g/mol. The van der Waals surface area contributed by atoms with Gasteiger partial charge in [0.25, 0.3) is 5.91 Å². The van der Waals surface area contributed by atoms with Gasteiger partial charge in [-0.05, 0) is 38.5 Å². The van der Waals surface area contributed by atoms with Gasteiger partial charge in [-0.3, -0.25) is 4.79 Å². The van der Waals surface area contributed by atoms with Gasteiger partial charge in [0.2, 0.25) is 0 Å². The fourth-order valence-electron chi connectivity index (χ4n) is 1.61. The van der Waals surface area contributed by atoms with E-state index in [4.69, 9.17) is 10.5 Å². The minimum absolute atomic E-state index is 0.00755. The Bertz CT molecular complexity index is 391. The third kappa shape index (κ3) is 4.75. The van der Waals surface area contributed by atoms with Crippen molar-refractivity contribution in [3.05, 3.63) is 29.8 Å². The number of ether oxygens (including phenoxy) is 1. The van der Waals surface area contributed by atoms with Crippen LogP contribution in [0, 0.1) is 0 Å². The second kappa shape index (κ2) is 7.01. The minimum atomic E-state index is -0.00755. The molecule has 1 aromatic carbocycles. The van der Waals surface area contributed by atoms with E-state index < -0.39 is 0 Å². The maximum Gasteiger partial charge on any atom is 0.253 e. The number of carbonyl (C=O) groups is 1. The van der Waals surface area contributed by atoms with Crippen LogP contribution in [0.25, 0.3) is 0 Å². The fraction of sp³-hybridized carbons (Fsp3) is 0.500. The molecule has 1 amide bonds. The highest BCUT2D eigenvalue weighted by atomic mass is 16.5. The molecule has 0 saturated heterocycles. The van der Waals surface area contributed by atoms with E-state index >= 15 is 0 Å². The van der Waals surface area contributed by atoms with Gasteiger partial charge in [-0.25, -0.2) is 0 Å². The van der Waals surface area contributed by atoms with Crippen molar-refractivity contribution in [2.45, 2.75) is 26.4 Å². The first-order chi connectivity index (χ1) is 8.50. The first kappa shape index (κ1) is 14.5.